The van der Waals surface area contributed by atoms with E-state index in [9.17, 15) is 9.90 Å². The Morgan fingerprint density at radius 2 is 1.95 bits per heavy atom. The van der Waals surface area contributed by atoms with Crippen molar-refractivity contribution in [2.24, 2.45) is 0 Å². The summed E-state index contributed by atoms with van der Waals surface area (Å²) in [7, 11) is 0. The minimum Gasteiger partial charge on any atom is -0.478 e. The zero-order valence-corrected chi connectivity index (χ0v) is 11.9. The number of pyridine rings is 1. The third kappa shape index (κ3) is 2.89. The van der Waals surface area contributed by atoms with Crippen molar-refractivity contribution in [2.75, 3.05) is 5.32 Å². The number of hydrogen-bond acceptors (Lipinski definition) is 5. The Labute approximate surface area is 130 Å². The lowest BCUT2D eigenvalue weighted by Crippen LogP contribution is -2.05. The van der Waals surface area contributed by atoms with E-state index in [1.54, 1.807) is 30.6 Å². The van der Waals surface area contributed by atoms with Crippen LogP contribution < -0.4 is 5.32 Å². The maximum absolute atomic E-state index is 11.2. The third-order valence-electron chi connectivity index (χ3n) is 2.85. The molecular weight excluding hydrogens is 306 g/mol. The number of nitrogens with one attached hydrogen (secondary N) is 1. The predicted molar refractivity (Wildman–Crippen MR) is 80.8 cm³/mol. The molecule has 0 aliphatic heterocycles. The smallest absolute Gasteiger partial charge is 0.339 e. The first-order chi connectivity index (χ1) is 10.6. The van der Waals surface area contributed by atoms with E-state index in [1.165, 1.54) is 16.9 Å². The van der Waals surface area contributed by atoms with E-state index >= 15 is 0 Å². The maximum Gasteiger partial charge on any atom is 0.339 e. The summed E-state index contributed by atoms with van der Waals surface area (Å²) in [5.41, 5.74) is 1.41. The summed E-state index contributed by atoms with van der Waals surface area (Å²) in [4.78, 5) is 16.7. The van der Waals surface area contributed by atoms with E-state index < -0.39 is 5.97 Å². The molecule has 0 bridgehead atoms. The van der Waals surface area contributed by atoms with Gasteiger partial charge in [0.1, 0.15) is 16.5 Å². The van der Waals surface area contributed by atoms with Crippen LogP contribution in [0.4, 0.5) is 11.5 Å². The fourth-order valence-corrected chi connectivity index (χ4v) is 2.04. The third-order valence-corrected chi connectivity index (χ3v) is 3.06. The number of anilines is 2. The molecule has 0 spiro atoms. The fraction of sp³-hybridized carbons (Fsp3) is 0. The number of carboxylic acid groups (broad SMARTS) is 1. The van der Waals surface area contributed by atoms with Gasteiger partial charge in [-0.3, -0.25) is 0 Å². The highest BCUT2D eigenvalue weighted by molar-refractivity contribution is 6.29. The van der Waals surface area contributed by atoms with Gasteiger partial charge in [0, 0.05) is 5.69 Å². The zero-order valence-electron chi connectivity index (χ0n) is 11.1. The van der Waals surface area contributed by atoms with Crippen LogP contribution in [0.5, 0.6) is 0 Å². The largest absolute Gasteiger partial charge is 0.478 e. The summed E-state index contributed by atoms with van der Waals surface area (Å²) in [6.45, 7) is 0. The van der Waals surface area contributed by atoms with E-state index in [4.69, 9.17) is 11.6 Å². The van der Waals surface area contributed by atoms with Gasteiger partial charge in [0.25, 0.3) is 0 Å². The number of aromatic nitrogens is 4. The molecule has 2 aromatic heterocycles. The number of aromatic carboxylic acids is 1. The number of halogens is 1. The number of benzene rings is 1. The lowest BCUT2D eigenvalue weighted by Gasteiger charge is -2.10. The Kier molecular flexibility index (Phi) is 3.71. The number of nitrogens with zero attached hydrogens (tertiary/aromatic N) is 4. The van der Waals surface area contributed by atoms with Gasteiger partial charge >= 0.3 is 5.97 Å². The molecule has 1 aromatic carbocycles. The number of carboxylic acids is 1. The van der Waals surface area contributed by atoms with Crippen LogP contribution in [-0.2, 0) is 0 Å². The molecule has 0 saturated carbocycles. The number of carbonyl (C=O) groups is 1. The standard InChI is InChI=1S/C14H10ClN5O2/c15-12-5-4-11(14(21)22)13(19-12)18-9-2-1-3-10(8-9)20-16-6-7-17-20/h1-8H,(H,18,19)(H,21,22). The molecule has 8 heteroatoms. The van der Waals surface area contributed by atoms with Gasteiger partial charge in [0.15, 0.2) is 0 Å². The molecule has 2 N–H and O–H groups in total. The second-order valence-corrected chi connectivity index (χ2v) is 4.72. The Bertz CT molecular complexity index is 820. The molecule has 0 amide bonds. The van der Waals surface area contributed by atoms with Gasteiger partial charge < -0.3 is 10.4 Å². The molecule has 3 rings (SSSR count). The van der Waals surface area contributed by atoms with Crippen LogP contribution in [-0.4, -0.2) is 31.1 Å². The van der Waals surface area contributed by atoms with Crippen LogP contribution in [0.1, 0.15) is 10.4 Å². The first-order valence-electron chi connectivity index (χ1n) is 6.27. The van der Waals surface area contributed by atoms with Crippen molar-refractivity contribution < 1.29 is 9.90 Å². The Balaban J connectivity index is 1.95. The molecule has 110 valence electrons. The van der Waals surface area contributed by atoms with Crippen LogP contribution >= 0.6 is 11.6 Å². The fourth-order valence-electron chi connectivity index (χ4n) is 1.90. The van der Waals surface area contributed by atoms with Gasteiger partial charge in [0.05, 0.1) is 18.1 Å². The minimum atomic E-state index is -1.09. The van der Waals surface area contributed by atoms with Gasteiger partial charge in [0.2, 0.25) is 0 Å². The summed E-state index contributed by atoms with van der Waals surface area (Å²) in [6.07, 6.45) is 3.14. The van der Waals surface area contributed by atoms with Crippen molar-refractivity contribution in [3.05, 3.63) is 59.5 Å². The molecule has 0 aliphatic carbocycles. The van der Waals surface area contributed by atoms with Crippen molar-refractivity contribution in [3.63, 3.8) is 0 Å². The molecule has 22 heavy (non-hydrogen) atoms. The van der Waals surface area contributed by atoms with E-state index in [1.807, 2.05) is 6.07 Å². The van der Waals surface area contributed by atoms with E-state index in [-0.39, 0.29) is 16.5 Å². The monoisotopic (exact) mass is 315 g/mol. The lowest BCUT2D eigenvalue weighted by atomic mass is 10.2. The molecule has 0 atom stereocenters. The molecule has 0 saturated heterocycles. The van der Waals surface area contributed by atoms with E-state index in [0.717, 1.165) is 5.69 Å². The van der Waals surface area contributed by atoms with Crippen LogP contribution in [0.3, 0.4) is 0 Å². The number of rotatable bonds is 4. The second-order valence-electron chi connectivity index (χ2n) is 4.33. The molecule has 2 heterocycles. The molecular formula is C14H10ClN5O2. The first kappa shape index (κ1) is 14.0. The second kappa shape index (κ2) is 5.82. The van der Waals surface area contributed by atoms with Crippen molar-refractivity contribution in [1.82, 2.24) is 20.0 Å². The van der Waals surface area contributed by atoms with Gasteiger partial charge in [-0.05, 0) is 30.3 Å². The van der Waals surface area contributed by atoms with Crippen molar-refractivity contribution in [3.8, 4) is 5.69 Å². The van der Waals surface area contributed by atoms with Crippen molar-refractivity contribution in [2.45, 2.75) is 0 Å². The molecule has 3 aromatic rings. The molecule has 0 radical (unpaired) electrons. The zero-order chi connectivity index (χ0) is 15.5. The number of hydrogen-bond donors (Lipinski definition) is 2. The topological polar surface area (TPSA) is 92.9 Å². The summed E-state index contributed by atoms with van der Waals surface area (Å²) in [5, 5.41) is 20.4. The SMILES string of the molecule is O=C(O)c1ccc(Cl)nc1Nc1cccc(-n2nccn2)c1. The molecule has 0 fully saturated rings. The average molecular weight is 316 g/mol. The molecule has 7 nitrogen and oxygen atoms in total. The predicted octanol–water partition coefficient (Wildman–Crippen LogP) is 2.76. The van der Waals surface area contributed by atoms with Gasteiger partial charge in [-0.15, -0.1) is 0 Å². The lowest BCUT2D eigenvalue weighted by molar-refractivity contribution is 0.0697. The van der Waals surface area contributed by atoms with E-state index in [2.05, 4.69) is 20.5 Å². The minimum absolute atomic E-state index is 0.0343. The van der Waals surface area contributed by atoms with Crippen LogP contribution in [0.25, 0.3) is 5.69 Å². The van der Waals surface area contributed by atoms with Crippen molar-refractivity contribution in [1.29, 1.82) is 0 Å². The highest BCUT2D eigenvalue weighted by Crippen LogP contribution is 2.22. The molecule has 0 aliphatic rings. The van der Waals surface area contributed by atoms with Crippen LogP contribution in [0.2, 0.25) is 5.15 Å². The van der Waals surface area contributed by atoms with Gasteiger partial charge in [-0.25, -0.2) is 9.78 Å². The quantitative estimate of drug-likeness (QED) is 0.719. The van der Waals surface area contributed by atoms with Crippen molar-refractivity contribution >= 4 is 29.1 Å². The average Bonchev–Trinajstić information content (AvgIpc) is 3.01. The van der Waals surface area contributed by atoms with Crippen LogP contribution in [0, 0.1) is 0 Å². The van der Waals surface area contributed by atoms with Crippen LogP contribution in [0.15, 0.2) is 48.8 Å². The van der Waals surface area contributed by atoms with Gasteiger partial charge in [-0.1, -0.05) is 17.7 Å². The summed E-state index contributed by atoms with van der Waals surface area (Å²) in [6, 6.07) is 10.0. The first-order valence-corrected chi connectivity index (χ1v) is 6.65. The maximum atomic E-state index is 11.2. The van der Waals surface area contributed by atoms with Gasteiger partial charge in [-0.2, -0.15) is 15.0 Å². The Morgan fingerprint density at radius 3 is 2.68 bits per heavy atom. The normalized spacial score (nSPS) is 10.4. The molecule has 0 unspecified atom stereocenters. The summed E-state index contributed by atoms with van der Waals surface area (Å²) < 4.78 is 0. The Hall–Kier alpha value is -2.93. The van der Waals surface area contributed by atoms with E-state index in [0.29, 0.717) is 5.69 Å². The summed E-state index contributed by atoms with van der Waals surface area (Å²) >= 11 is 5.83. The highest BCUT2D eigenvalue weighted by Gasteiger charge is 2.12. The Morgan fingerprint density at radius 1 is 1.18 bits per heavy atom. The summed E-state index contributed by atoms with van der Waals surface area (Å²) in [5.74, 6) is -0.915. The highest BCUT2D eigenvalue weighted by atomic mass is 35.5.